The molecule has 0 saturated carbocycles. The third-order valence-electron chi connectivity index (χ3n) is 3.54. The van der Waals surface area contributed by atoms with Crippen LogP contribution in [0, 0.1) is 13.8 Å². The summed E-state index contributed by atoms with van der Waals surface area (Å²) in [5.41, 5.74) is 2.62. The molecule has 0 aliphatic carbocycles. The molecule has 1 aliphatic rings. The summed E-state index contributed by atoms with van der Waals surface area (Å²) in [5, 5.41) is 4.49. The number of nitrogens with zero attached hydrogens (tertiary/aromatic N) is 3. The van der Waals surface area contributed by atoms with Crippen LogP contribution >= 0.6 is 0 Å². The molecule has 1 atom stereocenters. The quantitative estimate of drug-likeness (QED) is 0.727. The Morgan fingerprint density at radius 2 is 2.25 bits per heavy atom. The number of carbonyl (C=O) groups is 1. The van der Waals surface area contributed by atoms with Crippen molar-refractivity contribution in [1.29, 1.82) is 0 Å². The van der Waals surface area contributed by atoms with Crippen LogP contribution in [0.1, 0.15) is 41.1 Å². The molecule has 2 rings (SSSR count). The third kappa shape index (κ3) is 1.78. The van der Waals surface area contributed by atoms with E-state index in [0.29, 0.717) is 6.04 Å². The summed E-state index contributed by atoms with van der Waals surface area (Å²) < 4.78 is 2.04. The molecule has 1 fully saturated rings. The maximum absolute atomic E-state index is 10.9. The Balaban J connectivity index is 2.25. The van der Waals surface area contributed by atoms with Gasteiger partial charge >= 0.3 is 0 Å². The highest BCUT2D eigenvalue weighted by molar-refractivity contribution is 5.78. The van der Waals surface area contributed by atoms with E-state index < -0.39 is 0 Å². The number of aromatic nitrogens is 2. The lowest BCUT2D eigenvalue weighted by Gasteiger charge is -2.14. The maximum atomic E-state index is 10.9. The molecule has 0 radical (unpaired) electrons. The number of likely N-dealkylation sites (tertiary alicyclic amines) is 1. The lowest BCUT2D eigenvalue weighted by Crippen LogP contribution is -2.21. The normalized spacial score (nSPS) is 21.6. The molecule has 1 aromatic heterocycles. The summed E-state index contributed by atoms with van der Waals surface area (Å²) in [6.45, 7) is 9.35. The topological polar surface area (TPSA) is 38.1 Å². The minimum atomic E-state index is 0.437. The largest absolute Gasteiger partial charge is 0.301 e. The number of aryl methyl sites for hydroxylation is 1. The first kappa shape index (κ1) is 11.3. The van der Waals surface area contributed by atoms with E-state index in [1.807, 2.05) is 18.5 Å². The Morgan fingerprint density at radius 3 is 2.75 bits per heavy atom. The van der Waals surface area contributed by atoms with Gasteiger partial charge in [-0.15, -0.1) is 0 Å². The van der Waals surface area contributed by atoms with Crippen LogP contribution in [0.15, 0.2) is 0 Å². The summed E-state index contributed by atoms with van der Waals surface area (Å²) in [4.78, 5) is 13.4. The number of rotatable bonds is 3. The Morgan fingerprint density at radius 1 is 1.50 bits per heavy atom. The monoisotopic (exact) mass is 221 g/mol. The fraction of sp³-hybridized carbons (Fsp3) is 0.667. The molecule has 0 N–H and O–H groups in total. The molecule has 0 amide bonds. The number of hydrogen-bond acceptors (Lipinski definition) is 3. The van der Waals surface area contributed by atoms with Crippen molar-refractivity contribution in [3.8, 4) is 0 Å². The van der Waals surface area contributed by atoms with Crippen molar-refractivity contribution in [3.63, 3.8) is 0 Å². The van der Waals surface area contributed by atoms with Gasteiger partial charge in [0.2, 0.25) is 0 Å². The van der Waals surface area contributed by atoms with Crippen LogP contribution in [0.3, 0.4) is 0 Å². The molecule has 0 spiro atoms. The molecule has 4 heteroatoms. The second-order valence-electron chi connectivity index (χ2n) is 4.48. The van der Waals surface area contributed by atoms with E-state index in [-0.39, 0.29) is 0 Å². The van der Waals surface area contributed by atoms with E-state index in [1.165, 1.54) is 0 Å². The van der Waals surface area contributed by atoms with Crippen LogP contribution in [0.2, 0.25) is 0 Å². The van der Waals surface area contributed by atoms with Crippen molar-refractivity contribution >= 4 is 6.29 Å². The lowest BCUT2D eigenvalue weighted by molar-refractivity contribution is 0.112. The minimum Gasteiger partial charge on any atom is -0.301 e. The zero-order chi connectivity index (χ0) is 11.7. The summed E-state index contributed by atoms with van der Waals surface area (Å²) in [6, 6.07) is 0.437. The molecule has 1 unspecified atom stereocenters. The van der Waals surface area contributed by atoms with Gasteiger partial charge in [0, 0.05) is 18.8 Å². The van der Waals surface area contributed by atoms with Crippen LogP contribution in [-0.2, 0) is 0 Å². The van der Waals surface area contributed by atoms with Gasteiger partial charge in [-0.3, -0.25) is 9.48 Å². The van der Waals surface area contributed by atoms with Crippen LogP contribution in [0.5, 0.6) is 0 Å². The van der Waals surface area contributed by atoms with Gasteiger partial charge in [-0.1, -0.05) is 6.92 Å². The van der Waals surface area contributed by atoms with Gasteiger partial charge in [0.15, 0.2) is 6.29 Å². The van der Waals surface area contributed by atoms with E-state index in [4.69, 9.17) is 0 Å². The molecular weight excluding hydrogens is 202 g/mol. The van der Waals surface area contributed by atoms with Crippen molar-refractivity contribution in [2.45, 2.75) is 33.2 Å². The second kappa shape index (κ2) is 4.37. The molecular formula is C12H19N3O. The van der Waals surface area contributed by atoms with E-state index in [9.17, 15) is 4.79 Å². The summed E-state index contributed by atoms with van der Waals surface area (Å²) in [6.07, 6.45) is 2.05. The van der Waals surface area contributed by atoms with E-state index in [1.54, 1.807) is 0 Å². The zero-order valence-electron chi connectivity index (χ0n) is 10.2. The highest BCUT2D eigenvalue weighted by Crippen LogP contribution is 2.24. The standard InChI is InChI=1S/C12H19N3O/c1-4-14-6-5-11(7-14)15-10(3)12(8-16)9(2)13-15/h8,11H,4-7H2,1-3H3. The van der Waals surface area contributed by atoms with Crippen molar-refractivity contribution in [3.05, 3.63) is 17.0 Å². The fourth-order valence-electron chi connectivity index (χ4n) is 2.50. The van der Waals surface area contributed by atoms with Gasteiger partial charge in [-0.25, -0.2) is 0 Å². The minimum absolute atomic E-state index is 0.437. The van der Waals surface area contributed by atoms with Gasteiger partial charge in [-0.05, 0) is 26.8 Å². The zero-order valence-corrected chi connectivity index (χ0v) is 10.2. The lowest BCUT2D eigenvalue weighted by atomic mass is 10.2. The predicted molar refractivity (Wildman–Crippen MR) is 62.9 cm³/mol. The van der Waals surface area contributed by atoms with Crippen LogP contribution < -0.4 is 0 Å². The molecule has 0 aromatic carbocycles. The smallest absolute Gasteiger partial charge is 0.153 e. The summed E-state index contributed by atoms with van der Waals surface area (Å²) in [7, 11) is 0. The number of hydrogen-bond donors (Lipinski definition) is 0. The average molecular weight is 221 g/mol. The Kier molecular flexibility index (Phi) is 3.10. The highest BCUT2D eigenvalue weighted by Gasteiger charge is 2.25. The summed E-state index contributed by atoms with van der Waals surface area (Å²) >= 11 is 0. The number of aldehydes is 1. The van der Waals surface area contributed by atoms with Crippen LogP contribution in [-0.4, -0.2) is 40.6 Å². The van der Waals surface area contributed by atoms with Crippen molar-refractivity contribution in [1.82, 2.24) is 14.7 Å². The molecule has 2 heterocycles. The van der Waals surface area contributed by atoms with E-state index >= 15 is 0 Å². The van der Waals surface area contributed by atoms with E-state index in [2.05, 4.69) is 16.9 Å². The molecule has 1 saturated heterocycles. The van der Waals surface area contributed by atoms with Crippen LogP contribution in [0.4, 0.5) is 0 Å². The second-order valence-corrected chi connectivity index (χ2v) is 4.48. The number of carbonyl (C=O) groups excluding carboxylic acids is 1. The highest BCUT2D eigenvalue weighted by atomic mass is 16.1. The fourth-order valence-corrected chi connectivity index (χ4v) is 2.50. The van der Waals surface area contributed by atoms with E-state index in [0.717, 1.165) is 49.3 Å². The van der Waals surface area contributed by atoms with Gasteiger partial charge in [0.25, 0.3) is 0 Å². The predicted octanol–water partition coefficient (Wildman–Crippen LogP) is 1.58. The Bertz CT molecular complexity index is 397. The van der Waals surface area contributed by atoms with Crippen molar-refractivity contribution in [2.75, 3.05) is 19.6 Å². The first-order chi connectivity index (χ1) is 7.67. The van der Waals surface area contributed by atoms with Gasteiger partial charge in [0.05, 0.1) is 17.3 Å². The number of likely N-dealkylation sites (N-methyl/N-ethyl adjacent to an activating group) is 1. The maximum Gasteiger partial charge on any atom is 0.153 e. The van der Waals surface area contributed by atoms with Gasteiger partial charge in [0.1, 0.15) is 0 Å². The van der Waals surface area contributed by atoms with Gasteiger partial charge < -0.3 is 4.90 Å². The third-order valence-corrected chi connectivity index (χ3v) is 3.54. The molecule has 88 valence electrons. The van der Waals surface area contributed by atoms with Crippen molar-refractivity contribution < 1.29 is 4.79 Å². The molecule has 4 nitrogen and oxygen atoms in total. The molecule has 0 bridgehead atoms. The molecule has 1 aliphatic heterocycles. The summed E-state index contributed by atoms with van der Waals surface area (Å²) in [5.74, 6) is 0. The molecule has 16 heavy (non-hydrogen) atoms. The molecule has 1 aromatic rings. The van der Waals surface area contributed by atoms with Crippen molar-refractivity contribution in [2.24, 2.45) is 0 Å². The van der Waals surface area contributed by atoms with Gasteiger partial charge in [-0.2, -0.15) is 5.10 Å². The van der Waals surface area contributed by atoms with Crippen LogP contribution in [0.25, 0.3) is 0 Å². The Labute approximate surface area is 96.2 Å². The first-order valence-electron chi connectivity index (χ1n) is 5.90. The first-order valence-corrected chi connectivity index (χ1v) is 5.90. The average Bonchev–Trinajstić information content (AvgIpc) is 2.83. The SMILES string of the molecule is CCN1CCC(n2nc(C)c(C=O)c2C)C1. The Hall–Kier alpha value is -1.16.